The van der Waals surface area contributed by atoms with Gasteiger partial charge in [-0.25, -0.2) is 8.78 Å². The zero-order valence-corrected chi connectivity index (χ0v) is 10.9. The van der Waals surface area contributed by atoms with Crippen LogP contribution >= 0.6 is 0 Å². The van der Waals surface area contributed by atoms with Gasteiger partial charge in [0.15, 0.2) is 0 Å². The second kappa shape index (κ2) is 5.79. The highest BCUT2D eigenvalue weighted by Gasteiger charge is 2.30. The molecule has 0 aromatic heterocycles. The minimum atomic E-state index is -2.70. The van der Waals surface area contributed by atoms with Crippen LogP contribution in [-0.4, -0.2) is 6.54 Å². The Morgan fingerprint density at radius 3 is 2.83 bits per heavy atom. The summed E-state index contributed by atoms with van der Waals surface area (Å²) >= 11 is 0. The summed E-state index contributed by atoms with van der Waals surface area (Å²) in [5.74, 6) is -2.70. The maximum Gasteiger partial charge on any atom is 0.273 e. The molecule has 1 atom stereocenters. The van der Waals surface area contributed by atoms with Crippen LogP contribution in [0, 0.1) is 0 Å². The number of hydrogen-bond acceptors (Lipinski definition) is 1. The maximum absolute atomic E-state index is 13.9. The topological polar surface area (TPSA) is 12.0 Å². The van der Waals surface area contributed by atoms with Gasteiger partial charge in [-0.3, -0.25) is 0 Å². The minimum Gasteiger partial charge on any atom is -0.310 e. The first-order valence-electron chi connectivity index (χ1n) is 6.85. The molecule has 1 unspecified atom stereocenters. The van der Waals surface area contributed by atoms with E-state index in [0.717, 1.165) is 18.5 Å². The average Bonchev–Trinajstić information content (AvgIpc) is 2.40. The number of piperidine rings is 1. The highest BCUT2D eigenvalue weighted by atomic mass is 19.3. The first kappa shape index (κ1) is 13.5. The molecule has 2 rings (SSSR count). The van der Waals surface area contributed by atoms with Crippen LogP contribution in [0.1, 0.15) is 56.2 Å². The van der Waals surface area contributed by atoms with Gasteiger partial charge >= 0.3 is 0 Å². The van der Waals surface area contributed by atoms with Gasteiger partial charge < -0.3 is 5.32 Å². The van der Waals surface area contributed by atoms with Crippen molar-refractivity contribution < 1.29 is 8.78 Å². The molecule has 1 nitrogen and oxygen atoms in total. The third-order valence-corrected chi connectivity index (χ3v) is 3.59. The number of rotatable bonds is 4. The molecule has 100 valence electrons. The van der Waals surface area contributed by atoms with Crippen molar-refractivity contribution >= 4 is 0 Å². The molecule has 1 aliphatic rings. The van der Waals surface area contributed by atoms with Crippen molar-refractivity contribution in [2.75, 3.05) is 6.54 Å². The second-order valence-corrected chi connectivity index (χ2v) is 5.08. The lowest BCUT2D eigenvalue weighted by Gasteiger charge is -2.25. The zero-order chi connectivity index (χ0) is 13.0. The van der Waals surface area contributed by atoms with Crippen LogP contribution in [0.2, 0.25) is 0 Å². The number of alkyl halides is 2. The number of hydrogen-bond donors (Lipinski definition) is 1. The Balaban J connectivity index is 2.18. The molecule has 18 heavy (non-hydrogen) atoms. The normalized spacial score (nSPS) is 20.9. The molecular weight excluding hydrogens is 232 g/mol. The first-order chi connectivity index (χ1) is 8.63. The van der Waals surface area contributed by atoms with Gasteiger partial charge in [0.05, 0.1) is 0 Å². The van der Waals surface area contributed by atoms with Crippen LogP contribution in [0.5, 0.6) is 0 Å². The van der Waals surface area contributed by atoms with E-state index in [1.54, 1.807) is 25.1 Å². The van der Waals surface area contributed by atoms with Crippen LogP contribution < -0.4 is 5.32 Å². The number of benzene rings is 1. The van der Waals surface area contributed by atoms with Crippen LogP contribution in [0.25, 0.3) is 0 Å². The van der Waals surface area contributed by atoms with Crippen molar-refractivity contribution in [1.29, 1.82) is 0 Å². The van der Waals surface area contributed by atoms with Gasteiger partial charge in [0.25, 0.3) is 5.92 Å². The van der Waals surface area contributed by atoms with E-state index in [1.807, 2.05) is 6.07 Å². The highest BCUT2D eigenvalue weighted by Crippen LogP contribution is 2.34. The molecule has 1 fully saturated rings. The van der Waals surface area contributed by atoms with E-state index in [-0.39, 0.29) is 18.0 Å². The molecule has 0 spiro atoms. The molecule has 0 radical (unpaired) electrons. The Morgan fingerprint density at radius 2 is 2.17 bits per heavy atom. The molecule has 1 saturated heterocycles. The number of nitrogens with one attached hydrogen (secondary N) is 1. The van der Waals surface area contributed by atoms with Crippen molar-refractivity contribution in [3.05, 3.63) is 35.4 Å². The lowest BCUT2D eigenvalue weighted by molar-refractivity contribution is -0.0141. The standard InChI is InChI=1S/C15H21F2N/c1-2-9-15(16,17)13-7-5-6-12(11-13)14-8-3-4-10-18-14/h5-7,11,14,18H,2-4,8-10H2,1H3. The van der Waals surface area contributed by atoms with E-state index < -0.39 is 5.92 Å². The van der Waals surface area contributed by atoms with Crippen LogP contribution in [0.4, 0.5) is 8.78 Å². The third-order valence-electron chi connectivity index (χ3n) is 3.59. The lowest BCUT2D eigenvalue weighted by atomic mass is 9.94. The van der Waals surface area contributed by atoms with Gasteiger partial charge in [-0.15, -0.1) is 0 Å². The first-order valence-corrected chi connectivity index (χ1v) is 6.85. The molecule has 0 amide bonds. The van der Waals surface area contributed by atoms with Crippen molar-refractivity contribution in [2.24, 2.45) is 0 Å². The quantitative estimate of drug-likeness (QED) is 0.839. The summed E-state index contributed by atoms with van der Waals surface area (Å²) in [6, 6.07) is 7.18. The summed E-state index contributed by atoms with van der Waals surface area (Å²) in [5, 5.41) is 3.40. The summed E-state index contributed by atoms with van der Waals surface area (Å²) in [4.78, 5) is 0. The van der Waals surface area contributed by atoms with E-state index in [2.05, 4.69) is 5.32 Å². The smallest absolute Gasteiger partial charge is 0.273 e. The molecule has 1 aromatic rings. The van der Waals surface area contributed by atoms with Gasteiger partial charge in [-0.2, -0.15) is 0 Å². The second-order valence-electron chi connectivity index (χ2n) is 5.08. The third kappa shape index (κ3) is 3.08. The van der Waals surface area contributed by atoms with E-state index in [0.29, 0.717) is 6.42 Å². The lowest BCUT2D eigenvalue weighted by Crippen LogP contribution is -2.27. The Kier molecular flexibility index (Phi) is 4.33. The van der Waals surface area contributed by atoms with Crippen molar-refractivity contribution in [3.63, 3.8) is 0 Å². The van der Waals surface area contributed by atoms with Gasteiger partial charge in [0, 0.05) is 18.0 Å². The molecule has 1 N–H and O–H groups in total. The van der Waals surface area contributed by atoms with Crippen molar-refractivity contribution in [2.45, 2.75) is 51.0 Å². The summed E-state index contributed by atoms with van der Waals surface area (Å²) in [7, 11) is 0. The van der Waals surface area contributed by atoms with E-state index >= 15 is 0 Å². The predicted octanol–water partition coefficient (Wildman–Crippen LogP) is 4.39. The zero-order valence-electron chi connectivity index (χ0n) is 10.9. The molecule has 1 heterocycles. The predicted molar refractivity (Wildman–Crippen MR) is 69.8 cm³/mol. The van der Waals surface area contributed by atoms with Gasteiger partial charge in [-0.05, 0) is 31.0 Å². The molecule has 3 heteroatoms. The molecule has 1 aliphatic heterocycles. The van der Waals surface area contributed by atoms with E-state index in [9.17, 15) is 8.78 Å². The summed E-state index contributed by atoms with van der Waals surface area (Å²) in [6.07, 6.45) is 3.83. The Hall–Kier alpha value is -0.960. The fourth-order valence-corrected chi connectivity index (χ4v) is 2.58. The Morgan fingerprint density at radius 1 is 1.33 bits per heavy atom. The Labute approximate surface area is 108 Å². The van der Waals surface area contributed by atoms with Crippen molar-refractivity contribution in [1.82, 2.24) is 5.32 Å². The van der Waals surface area contributed by atoms with E-state index in [1.165, 1.54) is 12.8 Å². The summed E-state index contributed by atoms with van der Waals surface area (Å²) in [6.45, 7) is 2.78. The summed E-state index contributed by atoms with van der Waals surface area (Å²) in [5.41, 5.74) is 1.16. The Bertz CT molecular complexity index is 384. The average molecular weight is 253 g/mol. The summed E-state index contributed by atoms with van der Waals surface area (Å²) < 4.78 is 27.8. The van der Waals surface area contributed by atoms with Gasteiger partial charge in [0.2, 0.25) is 0 Å². The molecular formula is C15H21F2N. The molecule has 0 saturated carbocycles. The van der Waals surface area contributed by atoms with Crippen LogP contribution in [0.3, 0.4) is 0 Å². The highest BCUT2D eigenvalue weighted by molar-refractivity contribution is 5.29. The molecule has 0 aliphatic carbocycles. The monoisotopic (exact) mass is 253 g/mol. The van der Waals surface area contributed by atoms with Gasteiger partial charge in [-0.1, -0.05) is 38.0 Å². The SMILES string of the molecule is CCCC(F)(F)c1cccc(C2CCCCN2)c1. The molecule has 1 aromatic carbocycles. The maximum atomic E-state index is 13.9. The minimum absolute atomic E-state index is 0.0749. The molecule has 0 bridgehead atoms. The van der Waals surface area contributed by atoms with Crippen molar-refractivity contribution in [3.8, 4) is 0 Å². The fourth-order valence-electron chi connectivity index (χ4n) is 2.58. The van der Waals surface area contributed by atoms with Gasteiger partial charge in [0.1, 0.15) is 0 Å². The number of halogens is 2. The largest absolute Gasteiger partial charge is 0.310 e. The van der Waals surface area contributed by atoms with E-state index in [4.69, 9.17) is 0 Å². The van der Waals surface area contributed by atoms with Crippen LogP contribution in [0.15, 0.2) is 24.3 Å². The van der Waals surface area contributed by atoms with Crippen LogP contribution in [-0.2, 0) is 5.92 Å². The fraction of sp³-hybridized carbons (Fsp3) is 0.600.